The predicted molar refractivity (Wildman–Crippen MR) is 108 cm³/mol. The molecular formula is C24H32O3. The van der Waals surface area contributed by atoms with Crippen LogP contribution in [0.3, 0.4) is 0 Å². The van der Waals surface area contributed by atoms with Crippen molar-refractivity contribution in [1.82, 2.24) is 0 Å². The molecular weight excluding hydrogens is 336 g/mol. The molecule has 2 atom stereocenters. The molecule has 1 aromatic rings. The summed E-state index contributed by atoms with van der Waals surface area (Å²) in [5.41, 5.74) is 1.67. The van der Waals surface area contributed by atoms with Gasteiger partial charge in [-0.3, -0.25) is 4.79 Å². The van der Waals surface area contributed by atoms with Crippen molar-refractivity contribution < 1.29 is 14.3 Å². The molecule has 3 nitrogen and oxygen atoms in total. The van der Waals surface area contributed by atoms with Crippen molar-refractivity contribution in [3.8, 4) is 17.6 Å². The second-order valence-corrected chi connectivity index (χ2v) is 8.28. The van der Waals surface area contributed by atoms with Gasteiger partial charge in [-0.2, -0.15) is 0 Å². The van der Waals surface area contributed by atoms with Crippen molar-refractivity contribution in [3.63, 3.8) is 0 Å². The van der Waals surface area contributed by atoms with E-state index in [1.165, 1.54) is 58.5 Å². The van der Waals surface area contributed by atoms with Crippen LogP contribution in [-0.2, 0) is 9.53 Å². The molecule has 1 aromatic carbocycles. The number of rotatable bonds is 6. The Morgan fingerprint density at radius 1 is 1.19 bits per heavy atom. The zero-order valence-corrected chi connectivity index (χ0v) is 16.8. The molecule has 0 radical (unpaired) electrons. The molecule has 2 aliphatic carbocycles. The molecule has 0 bridgehead atoms. The van der Waals surface area contributed by atoms with E-state index in [9.17, 15) is 4.79 Å². The minimum atomic E-state index is -0.235. The fourth-order valence-electron chi connectivity index (χ4n) is 4.91. The normalized spacial score (nSPS) is 21.9. The smallest absolute Gasteiger partial charge is 0.307 e. The number of hydrogen-bond acceptors (Lipinski definition) is 3. The monoisotopic (exact) mass is 368 g/mol. The van der Waals surface area contributed by atoms with E-state index in [2.05, 4.69) is 11.8 Å². The van der Waals surface area contributed by atoms with Crippen LogP contribution in [-0.4, -0.2) is 19.7 Å². The Hall–Kier alpha value is -1.95. The first-order valence-corrected chi connectivity index (χ1v) is 10.4. The molecule has 2 saturated carbocycles. The van der Waals surface area contributed by atoms with Gasteiger partial charge in [-0.25, -0.2) is 0 Å². The molecule has 2 fully saturated rings. The maximum Gasteiger partial charge on any atom is 0.307 e. The Morgan fingerprint density at radius 3 is 2.59 bits per heavy atom. The van der Waals surface area contributed by atoms with Crippen molar-refractivity contribution in [3.05, 3.63) is 29.8 Å². The summed E-state index contributed by atoms with van der Waals surface area (Å²) < 4.78 is 10.9. The zero-order valence-electron chi connectivity index (χ0n) is 16.8. The first-order chi connectivity index (χ1) is 13.1. The van der Waals surface area contributed by atoms with Crippen LogP contribution in [0.25, 0.3) is 0 Å². The highest BCUT2D eigenvalue weighted by Gasteiger charge is 2.39. The summed E-state index contributed by atoms with van der Waals surface area (Å²) in [6.45, 7) is 2.61. The maximum absolute atomic E-state index is 11.6. The summed E-state index contributed by atoms with van der Waals surface area (Å²) in [5.74, 6) is 7.25. The van der Waals surface area contributed by atoms with E-state index in [0.717, 1.165) is 17.9 Å². The van der Waals surface area contributed by atoms with Gasteiger partial charge in [-0.15, -0.1) is 5.92 Å². The number of carbonyl (C=O) groups is 1. The number of methoxy groups -OCH3 is 1. The molecule has 0 amide bonds. The zero-order chi connectivity index (χ0) is 19.1. The van der Waals surface area contributed by atoms with Gasteiger partial charge < -0.3 is 9.47 Å². The van der Waals surface area contributed by atoms with Gasteiger partial charge in [0, 0.05) is 0 Å². The molecule has 1 unspecified atom stereocenters. The van der Waals surface area contributed by atoms with Crippen LogP contribution in [0.1, 0.15) is 76.2 Å². The molecule has 3 heteroatoms. The highest BCUT2D eigenvalue weighted by molar-refractivity contribution is 5.71. The van der Waals surface area contributed by atoms with E-state index in [1.807, 2.05) is 24.3 Å². The van der Waals surface area contributed by atoms with Crippen LogP contribution < -0.4 is 4.74 Å². The topological polar surface area (TPSA) is 35.5 Å². The highest BCUT2D eigenvalue weighted by Crippen LogP contribution is 2.51. The molecule has 0 heterocycles. The maximum atomic E-state index is 11.6. The molecule has 0 aromatic heterocycles. The van der Waals surface area contributed by atoms with Crippen LogP contribution in [0, 0.1) is 23.2 Å². The second kappa shape index (κ2) is 9.31. The Kier molecular flexibility index (Phi) is 6.83. The number of esters is 1. The van der Waals surface area contributed by atoms with Crippen molar-refractivity contribution >= 4 is 5.97 Å². The summed E-state index contributed by atoms with van der Waals surface area (Å²) in [6, 6.07) is 8.04. The van der Waals surface area contributed by atoms with E-state index >= 15 is 0 Å². The molecule has 0 N–H and O–H groups in total. The van der Waals surface area contributed by atoms with Crippen LogP contribution in [0.2, 0.25) is 0 Å². The van der Waals surface area contributed by atoms with Crippen molar-refractivity contribution in [2.75, 3.05) is 13.7 Å². The number of ether oxygens (including phenoxy) is 2. The number of carbonyl (C=O) groups excluding carboxylic acids is 1. The van der Waals surface area contributed by atoms with E-state index in [-0.39, 0.29) is 18.3 Å². The fourth-order valence-corrected chi connectivity index (χ4v) is 4.91. The number of hydrogen-bond donors (Lipinski definition) is 0. The summed E-state index contributed by atoms with van der Waals surface area (Å²) in [6.07, 6.45) is 11.5. The fraction of sp³-hybridized carbons (Fsp3) is 0.625. The van der Waals surface area contributed by atoms with Crippen LogP contribution in [0.4, 0.5) is 0 Å². The van der Waals surface area contributed by atoms with E-state index < -0.39 is 0 Å². The number of benzene rings is 1. The Morgan fingerprint density at radius 2 is 1.93 bits per heavy atom. The van der Waals surface area contributed by atoms with Crippen molar-refractivity contribution in [1.29, 1.82) is 0 Å². The lowest BCUT2D eigenvalue weighted by molar-refractivity contribution is -0.140. The first-order valence-electron chi connectivity index (χ1n) is 10.4. The van der Waals surface area contributed by atoms with Crippen LogP contribution >= 0.6 is 0 Å². The second-order valence-electron chi connectivity index (χ2n) is 8.28. The lowest BCUT2D eigenvalue weighted by atomic mass is 9.72. The lowest BCUT2D eigenvalue weighted by Gasteiger charge is -2.33. The van der Waals surface area contributed by atoms with E-state index in [0.29, 0.717) is 11.3 Å². The van der Waals surface area contributed by atoms with Crippen molar-refractivity contribution in [2.45, 2.75) is 70.6 Å². The Balaban J connectivity index is 1.53. The summed E-state index contributed by atoms with van der Waals surface area (Å²) in [4.78, 5) is 11.6. The average molecular weight is 369 g/mol. The third kappa shape index (κ3) is 5.28. The Labute approximate surface area is 163 Å². The van der Waals surface area contributed by atoms with Gasteiger partial charge in [0.05, 0.1) is 26.1 Å². The standard InChI is InChI=1S/C24H32O3/c1-3-7-21(16-23(25)26-2)20-8-10-22(11-9-20)27-18-19-12-15-24(17-19)13-5-4-6-14-24/h8-11,19,21H,4-6,12-18H2,1-2H3/t19?,21-/m0/s1. The van der Waals surface area contributed by atoms with Crippen LogP contribution in [0.15, 0.2) is 24.3 Å². The molecule has 27 heavy (non-hydrogen) atoms. The SMILES string of the molecule is CC#C[C@@H](CC(=O)OC)c1ccc(OCC2CCC3(CCCCC3)C2)cc1. The van der Waals surface area contributed by atoms with E-state index in [1.54, 1.807) is 6.92 Å². The molecule has 1 spiro atoms. The van der Waals surface area contributed by atoms with Gasteiger partial charge >= 0.3 is 5.97 Å². The van der Waals surface area contributed by atoms with Gasteiger partial charge in [-0.05, 0) is 68.1 Å². The third-order valence-electron chi connectivity index (χ3n) is 6.40. The highest BCUT2D eigenvalue weighted by atomic mass is 16.5. The third-order valence-corrected chi connectivity index (χ3v) is 6.40. The average Bonchev–Trinajstić information content (AvgIpc) is 3.09. The van der Waals surface area contributed by atoms with Crippen LogP contribution in [0.5, 0.6) is 5.75 Å². The summed E-state index contributed by atoms with van der Waals surface area (Å²) in [7, 11) is 1.41. The van der Waals surface area contributed by atoms with Gasteiger partial charge in [0.1, 0.15) is 5.75 Å². The largest absolute Gasteiger partial charge is 0.493 e. The Bertz CT molecular complexity index is 674. The van der Waals surface area contributed by atoms with Crippen molar-refractivity contribution in [2.24, 2.45) is 11.3 Å². The predicted octanol–water partition coefficient (Wildman–Crippen LogP) is 5.49. The summed E-state index contributed by atoms with van der Waals surface area (Å²) in [5, 5.41) is 0. The van der Waals surface area contributed by atoms with Gasteiger partial charge in [0.15, 0.2) is 0 Å². The first kappa shape index (κ1) is 19.8. The van der Waals surface area contributed by atoms with E-state index in [4.69, 9.17) is 9.47 Å². The lowest BCUT2D eigenvalue weighted by Crippen LogP contribution is -2.21. The van der Waals surface area contributed by atoms with Gasteiger partial charge in [0.2, 0.25) is 0 Å². The molecule has 146 valence electrons. The molecule has 2 aliphatic rings. The molecule has 0 saturated heterocycles. The molecule has 0 aliphatic heterocycles. The van der Waals surface area contributed by atoms with Gasteiger partial charge in [-0.1, -0.05) is 37.3 Å². The quantitative estimate of drug-likeness (QED) is 0.492. The van der Waals surface area contributed by atoms with Gasteiger partial charge in [0.25, 0.3) is 0 Å². The summed E-state index contributed by atoms with van der Waals surface area (Å²) >= 11 is 0. The minimum Gasteiger partial charge on any atom is -0.493 e. The minimum absolute atomic E-state index is 0.127. The molecule has 3 rings (SSSR count).